The van der Waals surface area contributed by atoms with E-state index in [4.69, 9.17) is 18.5 Å². The van der Waals surface area contributed by atoms with Crippen molar-refractivity contribution in [1.29, 1.82) is 0 Å². The third-order valence-electron chi connectivity index (χ3n) is 11.4. The highest BCUT2D eigenvalue weighted by molar-refractivity contribution is 7.47. The number of carbonyl (C=O) groups excluding carboxylic acids is 1. The molecular formula is C46H89O12P. The minimum absolute atomic E-state index is 0.0743. The zero-order valence-electron chi connectivity index (χ0n) is 37.3. The van der Waals surface area contributed by atoms with Gasteiger partial charge >= 0.3 is 13.8 Å². The van der Waals surface area contributed by atoms with Gasteiger partial charge in [0.05, 0.1) is 13.2 Å². The van der Waals surface area contributed by atoms with Crippen LogP contribution < -0.4 is 0 Å². The minimum Gasteiger partial charge on any atom is -0.457 e. The molecule has 1 rings (SSSR count). The predicted molar refractivity (Wildman–Crippen MR) is 235 cm³/mol. The summed E-state index contributed by atoms with van der Waals surface area (Å²) in [6.07, 6.45) is 28.6. The average molecular weight is 865 g/mol. The summed E-state index contributed by atoms with van der Waals surface area (Å²) in [5, 5.41) is 50.2. The van der Waals surface area contributed by atoms with Gasteiger partial charge in [0.1, 0.15) is 42.7 Å². The van der Waals surface area contributed by atoms with Gasteiger partial charge in [0, 0.05) is 13.0 Å². The highest BCUT2D eigenvalue weighted by Crippen LogP contribution is 2.47. The van der Waals surface area contributed by atoms with Gasteiger partial charge in [-0.2, -0.15) is 0 Å². The highest BCUT2D eigenvalue weighted by Gasteiger charge is 2.51. The van der Waals surface area contributed by atoms with Gasteiger partial charge in [-0.3, -0.25) is 13.8 Å². The number of esters is 1. The van der Waals surface area contributed by atoms with Crippen LogP contribution in [0.2, 0.25) is 0 Å². The number of aliphatic hydroxyl groups excluding tert-OH is 5. The van der Waals surface area contributed by atoms with Crippen LogP contribution in [-0.4, -0.2) is 98.9 Å². The Morgan fingerprint density at radius 1 is 0.525 bits per heavy atom. The summed E-state index contributed by atoms with van der Waals surface area (Å²) in [6, 6.07) is 0. The Hall–Kier alpha value is -0.920. The molecule has 0 radical (unpaired) electrons. The molecule has 0 aliphatic heterocycles. The number of unbranched alkanes of at least 4 members (excludes halogenated alkanes) is 27. The molecule has 6 unspecified atom stereocenters. The van der Waals surface area contributed by atoms with Gasteiger partial charge in [-0.1, -0.05) is 180 Å². The third-order valence-corrected chi connectivity index (χ3v) is 12.4. The van der Waals surface area contributed by atoms with E-state index in [1.165, 1.54) is 128 Å². The molecule has 0 bridgehead atoms. The van der Waals surface area contributed by atoms with Crippen molar-refractivity contribution in [3.8, 4) is 0 Å². The monoisotopic (exact) mass is 865 g/mol. The number of carbonyl (C=O) groups is 1. The normalized spacial score (nSPS) is 22.5. The van der Waals surface area contributed by atoms with E-state index in [1.807, 2.05) is 0 Å². The Kier molecular flexibility index (Phi) is 35.8. The second kappa shape index (κ2) is 37.6. The number of phosphoric ester groups is 1. The van der Waals surface area contributed by atoms with Crippen LogP contribution in [0, 0.1) is 0 Å². The summed E-state index contributed by atoms with van der Waals surface area (Å²) < 4.78 is 34.2. The van der Waals surface area contributed by atoms with Crippen molar-refractivity contribution in [1.82, 2.24) is 0 Å². The van der Waals surface area contributed by atoms with Crippen molar-refractivity contribution in [3.63, 3.8) is 0 Å². The Morgan fingerprint density at radius 2 is 0.898 bits per heavy atom. The molecule has 59 heavy (non-hydrogen) atoms. The topological polar surface area (TPSA) is 192 Å². The first kappa shape index (κ1) is 56.1. The first-order chi connectivity index (χ1) is 28.5. The number of aliphatic hydroxyl groups is 5. The second-order valence-electron chi connectivity index (χ2n) is 17.0. The molecular weight excluding hydrogens is 775 g/mol. The SMILES string of the molecule is CCCCC/C=C\CCCCCCCC(=O)OC(COCCCCCCCCCCCCCCCCCCCCCC)COP(=O)(O)OC1C(O)C(O)C(O)C(O)C1O. The van der Waals surface area contributed by atoms with Crippen LogP contribution in [0.4, 0.5) is 0 Å². The minimum atomic E-state index is -5.01. The largest absolute Gasteiger partial charge is 0.472 e. The molecule has 0 saturated heterocycles. The van der Waals surface area contributed by atoms with Crippen molar-refractivity contribution >= 4 is 13.8 Å². The molecule has 0 aromatic carbocycles. The molecule has 350 valence electrons. The van der Waals surface area contributed by atoms with Gasteiger partial charge in [-0.25, -0.2) is 4.57 Å². The molecule has 1 aliphatic rings. The van der Waals surface area contributed by atoms with E-state index in [0.717, 1.165) is 57.8 Å². The lowest BCUT2D eigenvalue weighted by atomic mass is 9.85. The molecule has 6 N–H and O–H groups in total. The van der Waals surface area contributed by atoms with E-state index < -0.39 is 63.1 Å². The summed E-state index contributed by atoms with van der Waals surface area (Å²) in [6.45, 7) is 4.25. The molecule has 12 nitrogen and oxygen atoms in total. The third kappa shape index (κ3) is 29.9. The van der Waals surface area contributed by atoms with Crippen LogP contribution in [0.15, 0.2) is 12.2 Å². The number of ether oxygens (including phenoxy) is 2. The van der Waals surface area contributed by atoms with Crippen molar-refractivity contribution in [2.75, 3.05) is 19.8 Å². The summed E-state index contributed by atoms with van der Waals surface area (Å²) in [5.41, 5.74) is 0. The molecule has 0 aromatic rings. The van der Waals surface area contributed by atoms with E-state index in [1.54, 1.807) is 0 Å². The van der Waals surface area contributed by atoms with Gasteiger partial charge in [0.15, 0.2) is 0 Å². The fourth-order valence-electron chi connectivity index (χ4n) is 7.53. The highest BCUT2D eigenvalue weighted by atomic mass is 31.2. The second-order valence-corrected chi connectivity index (χ2v) is 18.4. The van der Waals surface area contributed by atoms with E-state index >= 15 is 0 Å². The molecule has 1 fully saturated rings. The number of rotatable bonds is 41. The van der Waals surface area contributed by atoms with Crippen molar-refractivity contribution in [2.45, 2.75) is 256 Å². The quantitative estimate of drug-likeness (QED) is 0.0148. The Bertz CT molecular complexity index is 1030. The molecule has 1 saturated carbocycles. The van der Waals surface area contributed by atoms with Crippen molar-refractivity contribution in [3.05, 3.63) is 12.2 Å². The van der Waals surface area contributed by atoms with Gasteiger partial charge < -0.3 is 39.9 Å². The molecule has 0 aromatic heterocycles. The van der Waals surface area contributed by atoms with Gasteiger partial charge in [0.2, 0.25) is 0 Å². The van der Waals surface area contributed by atoms with E-state index in [-0.39, 0.29) is 13.0 Å². The standard InChI is InChI=1S/C46H89O12P/c1-3-5-7-9-11-13-15-17-18-19-20-21-22-23-24-26-28-30-32-34-36-55-37-39(57-40(47)35-33-31-29-27-25-16-14-12-10-8-6-4-2)38-56-59(53,54)58-46-44(51)42(49)41(48)43(50)45(46)52/h12,14,39,41-46,48-52H,3-11,13,15-38H2,1-2H3,(H,53,54)/b14-12-. The average Bonchev–Trinajstić information content (AvgIpc) is 3.22. The van der Waals surface area contributed by atoms with Gasteiger partial charge in [0.25, 0.3) is 0 Å². The van der Waals surface area contributed by atoms with Crippen LogP contribution in [0.25, 0.3) is 0 Å². The van der Waals surface area contributed by atoms with Crippen LogP contribution in [-0.2, 0) is 27.9 Å². The zero-order chi connectivity index (χ0) is 43.4. The van der Waals surface area contributed by atoms with E-state index in [2.05, 4.69) is 26.0 Å². The summed E-state index contributed by atoms with van der Waals surface area (Å²) in [4.78, 5) is 23.1. The predicted octanol–water partition coefficient (Wildman–Crippen LogP) is 9.92. The van der Waals surface area contributed by atoms with Crippen LogP contribution in [0.5, 0.6) is 0 Å². The van der Waals surface area contributed by atoms with Gasteiger partial charge in [-0.15, -0.1) is 0 Å². The fourth-order valence-corrected chi connectivity index (χ4v) is 8.50. The number of allylic oxidation sites excluding steroid dienone is 2. The van der Waals surface area contributed by atoms with Crippen molar-refractivity contribution < 1.29 is 58.3 Å². The number of hydrogen-bond donors (Lipinski definition) is 6. The van der Waals surface area contributed by atoms with Crippen molar-refractivity contribution in [2.24, 2.45) is 0 Å². The maximum Gasteiger partial charge on any atom is 0.472 e. The maximum absolute atomic E-state index is 12.8. The summed E-state index contributed by atoms with van der Waals surface area (Å²) in [5.74, 6) is -0.483. The lowest BCUT2D eigenvalue weighted by Crippen LogP contribution is -2.64. The summed E-state index contributed by atoms with van der Waals surface area (Å²) in [7, 11) is -5.01. The molecule has 0 heterocycles. The van der Waals surface area contributed by atoms with Gasteiger partial charge in [-0.05, 0) is 38.5 Å². The maximum atomic E-state index is 12.8. The molecule has 1 aliphatic carbocycles. The van der Waals surface area contributed by atoms with E-state index in [9.17, 15) is 39.8 Å². The molecule has 0 spiro atoms. The first-order valence-corrected chi connectivity index (χ1v) is 25.5. The molecule has 0 amide bonds. The number of phosphoric acid groups is 1. The van der Waals surface area contributed by atoms with Crippen LogP contribution in [0.3, 0.4) is 0 Å². The van der Waals surface area contributed by atoms with E-state index in [0.29, 0.717) is 13.0 Å². The summed E-state index contributed by atoms with van der Waals surface area (Å²) >= 11 is 0. The lowest BCUT2D eigenvalue weighted by molar-refractivity contribution is -0.220. The zero-order valence-corrected chi connectivity index (χ0v) is 38.2. The lowest BCUT2D eigenvalue weighted by Gasteiger charge is -2.41. The van der Waals surface area contributed by atoms with Crippen LogP contribution >= 0.6 is 7.82 Å². The molecule has 6 atom stereocenters. The van der Waals surface area contributed by atoms with Crippen LogP contribution in [0.1, 0.15) is 213 Å². The smallest absolute Gasteiger partial charge is 0.457 e. The Labute approximate surface area is 358 Å². The molecule has 13 heteroatoms. The number of hydrogen-bond acceptors (Lipinski definition) is 11. The Morgan fingerprint density at radius 3 is 1.37 bits per heavy atom. The first-order valence-electron chi connectivity index (χ1n) is 24.0. The Balaban J connectivity index is 2.33. The fraction of sp³-hybridized carbons (Fsp3) is 0.935.